The van der Waals surface area contributed by atoms with E-state index < -0.39 is 0 Å². The molecule has 1 fully saturated rings. The molecule has 0 spiro atoms. The Hall–Kier alpha value is -4.98. The van der Waals surface area contributed by atoms with Crippen LogP contribution in [0.5, 0.6) is 0 Å². The zero-order chi connectivity index (χ0) is 27.1. The van der Waals surface area contributed by atoms with Gasteiger partial charge >= 0.3 is 0 Å². The first-order chi connectivity index (χ1) is 18.9. The molecule has 1 saturated heterocycles. The first-order valence-corrected chi connectivity index (χ1v) is 12.8. The number of carbonyl (C=O) groups is 4. The lowest BCUT2D eigenvalue weighted by molar-refractivity contribution is -0.114. The molecule has 4 aromatic rings. The van der Waals surface area contributed by atoms with Crippen LogP contribution in [0.1, 0.15) is 38.0 Å². The molecule has 1 N–H and O–H groups in total. The first-order valence-electron chi connectivity index (χ1n) is 12.8. The second kappa shape index (κ2) is 9.72. The summed E-state index contributed by atoms with van der Waals surface area (Å²) >= 11 is 0. The number of carbonyl (C=O) groups excluding carboxylic acids is 4. The van der Waals surface area contributed by atoms with Gasteiger partial charge in [0, 0.05) is 71.9 Å². The zero-order valence-corrected chi connectivity index (χ0v) is 21.4. The molecule has 2 heterocycles. The fourth-order valence-electron chi connectivity index (χ4n) is 5.40. The molecule has 0 unspecified atom stereocenters. The normalized spacial score (nSPS) is 15.1. The predicted octanol–water partition coefficient (Wildman–Crippen LogP) is 4.56. The van der Waals surface area contributed by atoms with Crippen molar-refractivity contribution in [1.29, 1.82) is 0 Å². The Balaban J connectivity index is 1.28. The third kappa shape index (κ3) is 4.29. The lowest BCUT2D eigenvalue weighted by Crippen LogP contribution is -2.49. The van der Waals surface area contributed by atoms with Crippen LogP contribution in [0.15, 0.2) is 84.9 Å². The van der Waals surface area contributed by atoms with E-state index in [1.165, 1.54) is 11.8 Å². The third-order valence-electron chi connectivity index (χ3n) is 7.26. The monoisotopic (exact) mass is 518 g/mol. The lowest BCUT2D eigenvalue weighted by atomic mass is 9.92. The van der Waals surface area contributed by atoms with Gasteiger partial charge < -0.3 is 15.1 Å². The molecule has 4 amide bonds. The molecule has 8 heteroatoms. The van der Waals surface area contributed by atoms with Crippen LogP contribution < -0.4 is 15.1 Å². The topological polar surface area (TPSA) is 90.0 Å². The van der Waals surface area contributed by atoms with Gasteiger partial charge in [0.25, 0.3) is 17.7 Å². The number of rotatable bonds is 4. The number of imide groups is 1. The molecule has 194 valence electrons. The summed E-state index contributed by atoms with van der Waals surface area (Å²) in [6.45, 7) is 3.87. The summed E-state index contributed by atoms with van der Waals surface area (Å²) in [4.78, 5) is 56.7. The van der Waals surface area contributed by atoms with Crippen molar-refractivity contribution >= 4 is 51.5 Å². The van der Waals surface area contributed by atoms with Crippen molar-refractivity contribution in [2.24, 2.45) is 0 Å². The number of nitrogens with one attached hydrogen (secondary N) is 1. The summed E-state index contributed by atoms with van der Waals surface area (Å²) in [6, 6.07) is 25.2. The molecule has 4 aromatic carbocycles. The summed E-state index contributed by atoms with van der Waals surface area (Å²) in [5.41, 5.74) is 3.57. The van der Waals surface area contributed by atoms with Crippen molar-refractivity contribution in [1.82, 2.24) is 4.90 Å². The van der Waals surface area contributed by atoms with Crippen molar-refractivity contribution in [3.8, 4) is 0 Å². The van der Waals surface area contributed by atoms with Gasteiger partial charge in [-0.2, -0.15) is 0 Å². The molecule has 2 aliphatic rings. The highest BCUT2D eigenvalue weighted by molar-refractivity contribution is 6.36. The van der Waals surface area contributed by atoms with Crippen LogP contribution in [0.2, 0.25) is 0 Å². The van der Waals surface area contributed by atoms with E-state index in [-0.39, 0.29) is 23.6 Å². The molecule has 8 nitrogen and oxygen atoms in total. The molecule has 2 aliphatic heterocycles. The van der Waals surface area contributed by atoms with Gasteiger partial charge in [0.15, 0.2) is 0 Å². The lowest BCUT2D eigenvalue weighted by Gasteiger charge is -2.37. The van der Waals surface area contributed by atoms with Crippen LogP contribution in [0.3, 0.4) is 0 Å². The predicted molar refractivity (Wildman–Crippen MR) is 150 cm³/mol. The van der Waals surface area contributed by atoms with Gasteiger partial charge in [-0.3, -0.25) is 19.2 Å². The Kier molecular flexibility index (Phi) is 6.07. The fourth-order valence-corrected chi connectivity index (χ4v) is 5.40. The molecular formula is C31H26N4O4. The van der Waals surface area contributed by atoms with Crippen LogP contribution in [0.25, 0.3) is 10.8 Å². The number of amides is 4. The highest BCUT2D eigenvalue weighted by Gasteiger charge is 2.35. The van der Waals surface area contributed by atoms with E-state index in [0.717, 1.165) is 11.1 Å². The van der Waals surface area contributed by atoms with Crippen LogP contribution in [0, 0.1) is 0 Å². The Morgan fingerprint density at radius 3 is 2.05 bits per heavy atom. The van der Waals surface area contributed by atoms with Crippen LogP contribution in [-0.4, -0.2) is 54.7 Å². The number of nitrogens with zero attached hydrogens (tertiary/aromatic N) is 3. The van der Waals surface area contributed by atoms with Gasteiger partial charge in [0.05, 0.1) is 5.69 Å². The largest absolute Gasteiger partial charge is 0.367 e. The average Bonchev–Trinajstić information content (AvgIpc) is 2.96. The summed E-state index contributed by atoms with van der Waals surface area (Å²) < 4.78 is 0. The van der Waals surface area contributed by atoms with Crippen molar-refractivity contribution in [3.05, 3.63) is 102 Å². The molecule has 0 radical (unpaired) electrons. The van der Waals surface area contributed by atoms with E-state index in [2.05, 4.69) is 10.2 Å². The van der Waals surface area contributed by atoms with Crippen molar-refractivity contribution in [3.63, 3.8) is 0 Å². The van der Waals surface area contributed by atoms with Crippen LogP contribution in [0.4, 0.5) is 17.1 Å². The molecular weight excluding hydrogens is 492 g/mol. The molecule has 0 bridgehead atoms. The van der Waals surface area contributed by atoms with Gasteiger partial charge in [-0.15, -0.1) is 0 Å². The molecule has 0 saturated carbocycles. The van der Waals surface area contributed by atoms with Crippen LogP contribution in [-0.2, 0) is 4.79 Å². The summed E-state index contributed by atoms with van der Waals surface area (Å²) in [6.07, 6.45) is 0. The fraction of sp³-hybridized carbons (Fsp3) is 0.161. The van der Waals surface area contributed by atoms with E-state index in [9.17, 15) is 19.2 Å². The number of anilines is 3. The number of hydrogen-bond acceptors (Lipinski definition) is 5. The quantitative estimate of drug-likeness (QED) is 0.400. The Morgan fingerprint density at radius 2 is 1.38 bits per heavy atom. The molecule has 0 aliphatic carbocycles. The second-order valence-electron chi connectivity index (χ2n) is 9.68. The van der Waals surface area contributed by atoms with Gasteiger partial charge in [0.2, 0.25) is 5.91 Å². The van der Waals surface area contributed by atoms with Crippen molar-refractivity contribution in [2.75, 3.05) is 41.3 Å². The van der Waals surface area contributed by atoms with E-state index in [0.29, 0.717) is 59.6 Å². The van der Waals surface area contributed by atoms with Gasteiger partial charge in [-0.1, -0.05) is 30.3 Å². The minimum absolute atomic E-state index is 0.0218. The first kappa shape index (κ1) is 24.4. The van der Waals surface area contributed by atoms with Crippen LogP contribution >= 0.6 is 0 Å². The second-order valence-corrected chi connectivity index (χ2v) is 9.68. The third-order valence-corrected chi connectivity index (χ3v) is 7.26. The summed E-state index contributed by atoms with van der Waals surface area (Å²) in [5.74, 6) is -0.955. The number of hydrogen-bond donors (Lipinski definition) is 1. The average molecular weight is 519 g/mol. The molecule has 6 rings (SSSR count). The van der Waals surface area contributed by atoms with E-state index in [1.807, 2.05) is 53.4 Å². The summed E-state index contributed by atoms with van der Waals surface area (Å²) in [5, 5.41) is 4.18. The zero-order valence-electron chi connectivity index (χ0n) is 21.4. The van der Waals surface area contributed by atoms with E-state index in [4.69, 9.17) is 0 Å². The van der Waals surface area contributed by atoms with E-state index >= 15 is 0 Å². The Bertz CT molecular complexity index is 1600. The standard InChI is InChI=1S/C31H26N4O4/c1-20(36)32-22-10-12-23(13-11-22)35-30(38)25-9-5-8-24-27(15-14-26(28(24)25)31(35)39)33-16-18-34(19-17-33)29(37)21-6-3-2-4-7-21/h2-15H,16-19H2,1H3,(H,32,36). The smallest absolute Gasteiger partial charge is 0.265 e. The van der Waals surface area contributed by atoms with E-state index in [1.54, 1.807) is 36.4 Å². The Labute approximate surface area is 225 Å². The maximum absolute atomic E-state index is 13.6. The number of piperazine rings is 1. The van der Waals surface area contributed by atoms with Gasteiger partial charge in [-0.25, -0.2) is 4.90 Å². The molecule has 39 heavy (non-hydrogen) atoms. The highest BCUT2D eigenvalue weighted by Crippen LogP contribution is 2.38. The summed E-state index contributed by atoms with van der Waals surface area (Å²) in [7, 11) is 0. The SMILES string of the molecule is CC(=O)Nc1ccc(N2C(=O)c3cccc4c(N5CCN(C(=O)c6ccccc6)CC5)ccc(c34)C2=O)cc1. The molecule has 0 atom stereocenters. The van der Waals surface area contributed by atoms with Crippen molar-refractivity contribution in [2.45, 2.75) is 6.92 Å². The molecule has 0 aromatic heterocycles. The van der Waals surface area contributed by atoms with Gasteiger partial charge in [-0.05, 0) is 54.6 Å². The van der Waals surface area contributed by atoms with Gasteiger partial charge in [0.1, 0.15) is 0 Å². The maximum Gasteiger partial charge on any atom is 0.265 e. The Morgan fingerprint density at radius 1 is 0.718 bits per heavy atom. The number of benzene rings is 4. The minimum Gasteiger partial charge on any atom is -0.367 e. The van der Waals surface area contributed by atoms with Crippen molar-refractivity contribution < 1.29 is 19.2 Å². The highest BCUT2D eigenvalue weighted by atomic mass is 16.2. The maximum atomic E-state index is 13.6. The minimum atomic E-state index is -0.388.